The van der Waals surface area contributed by atoms with Crippen LogP contribution in [0.25, 0.3) is 0 Å². The predicted molar refractivity (Wildman–Crippen MR) is 94.5 cm³/mol. The quantitative estimate of drug-likeness (QED) is 0.348. The Morgan fingerprint density at radius 2 is 1.95 bits per heavy atom. The first kappa shape index (κ1) is 19.2. The molecule has 0 heterocycles. The van der Waals surface area contributed by atoms with E-state index < -0.39 is 0 Å². The van der Waals surface area contributed by atoms with Crippen molar-refractivity contribution in [1.82, 2.24) is 15.5 Å². The summed E-state index contributed by atoms with van der Waals surface area (Å²) in [6, 6.07) is 0. The van der Waals surface area contributed by atoms with E-state index >= 15 is 0 Å². The zero-order valence-corrected chi connectivity index (χ0v) is 15.1. The van der Waals surface area contributed by atoms with Crippen LogP contribution >= 0.6 is 0 Å². The van der Waals surface area contributed by atoms with Crippen molar-refractivity contribution in [3.63, 3.8) is 0 Å². The summed E-state index contributed by atoms with van der Waals surface area (Å²) in [5.41, 5.74) is 0.425. The number of rotatable bonds is 11. The molecule has 1 aliphatic carbocycles. The number of methoxy groups -OCH3 is 1. The summed E-state index contributed by atoms with van der Waals surface area (Å²) in [5, 5.41) is 6.94. The molecule has 1 saturated carbocycles. The Labute approximate surface area is 136 Å². The zero-order valence-electron chi connectivity index (χ0n) is 15.1. The first-order chi connectivity index (χ1) is 10.7. The van der Waals surface area contributed by atoms with Crippen LogP contribution in [-0.4, -0.2) is 64.3 Å². The fourth-order valence-corrected chi connectivity index (χ4v) is 3.05. The minimum absolute atomic E-state index is 0.425. The molecule has 0 radical (unpaired) electrons. The van der Waals surface area contributed by atoms with Crippen LogP contribution in [0.4, 0.5) is 0 Å². The lowest BCUT2D eigenvalue weighted by Crippen LogP contribution is -2.47. The lowest BCUT2D eigenvalue weighted by atomic mass is 9.67. The van der Waals surface area contributed by atoms with Gasteiger partial charge in [-0.15, -0.1) is 0 Å². The number of nitrogens with zero attached hydrogens (tertiary/aromatic N) is 2. The Kier molecular flexibility index (Phi) is 9.48. The van der Waals surface area contributed by atoms with E-state index in [0.29, 0.717) is 5.41 Å². The monoisotopic (exact) mass is 312 g/mol. The van der Waals surface area contributed by atoms with Gasteiger partial charge in [-0.3, -0.25) is 4.99 Å². The van der Waals surface area contributed by atoms with Crippen LogP contribution < -0.4 is 10.6 Å². The first-order valence-corrected chi connectivity index (χ1v) is 8.85. The maximum atomic E-state index is 5.25. The van der Waals surface area contributed by atoms with Gasteiger partial charge in [-0.05, 0) is 50.7 Å². The molecule has 2 N–H and O–H groups in total. The summed E-state index contributed by atoms with van der Waals surface area (Å²) >= 11 is 0. The van der Waals surface area contributed by atoms with Crippen molar-refractivity contribution in [3.05, 3.63) is 0 Å². The second-order valence-corrected chi connectivity index (χ2v) is 6.33. The van der Waals surface area contributed by atoms with Gasteiger partial charge in [-0.2, -0.15) is 0 Å². The molecular formula is C17H36N4O. The van der Waals surface area contributed by atoms with Gasteiger partial charge in [0.05, 0.1) is 0 Å². The number of hydrogen-bond acceptors (Lipinski definition) is 3. The van der Waals surface area contributed by atoms with E-state index in [4.69, 9.17) is 4.74 Å². The van der Waals surface area contributed by atoms with Crippen molar-refractivity contribution < 1.29 is 4.74 Å². The van der Waals surface area contributed by atoms with Crippen molar-refractivity contribution in [2.75, 3.05) is 53.5 Å². The molecule has 0 atom stereocenters. The Morgan fingerprint density at radius 1 is 1.23 bits per heavy atom. The molecular weight excluding hydrogens is 276 g/mol. The minimum Gasteiger partial charge on any atom is -0.385 e. The highest BCUT2D eigenvalue weighted by atomic mass is 16.5. The van der Waals surface area contributed by atoms with Crippen molar-refractivity contribution in [2.45, 2.75) is 46.0 Å². The lowest BCUT2D eigenvalue weighted by molar-refractivity contribution is 0.0732. The summed E-state index contributed by atoms with van der Waals surface area (Å²) in [7, 11) is 3.64. The molecule has 0 aliphatic heterocycles. The van der Waals surface area contributed by atoms with Crippen molar-refractivity contribution >= 4 is 5.96 Å². The van der Waals surface area contributed by atoms with Gasteiger partial charge in [0, 0.05) is 33.9 Å². The molecule has 1 fully saturated rings. The Hall–Kier alpha value is -0.810. The summed E-state index contributed by atoms with van der Waals surface area (Å²) < 4.78 is 5.25. The smallest absolute Gasteiger partial charge is 0.190 e. The normalized spacial score (nSPS) is 17.4. The molecule has 0 bridgehead atoms. The fraction of sp³-hybridized carbons (Fsp3) is 0.941. The van der Waals surface area contributed by atoms with Crippen LogP contribution in [0.15, 0.2) is 4.99 Å². The average Bonchev–Trinajstić information content (AvgIpc) is 2.51. The minimum atomic E-state index is 0.425. The van der Waals surface area contributed by atoms with Crippen LogP contribution in [-0.2, 0) is 4.74 Å². The van der Waals surface area contributed by atoms with E-state index in [0.717, 1.165) is 58.1 Å². The number of guanidine groups is 1. The molecule has 5 heteroatoms. The van der Waals surface area contributed by atoms with Gasteiger partial charge in [0.2, 0.25) is 0 Å². The van der Waals surface area contributed by atoms with Gasteiger partial charge in [0.25, 0.3) is 0 Å². The van der Waals surface area contributed by atoms with Gasteiger partial charge in [0.1, 0.15) is 0 Å². The Balaban J connectivity index is 2.22. The number of hydrogen-bond donors (Lipinski definition) is 2. The highest BCUT2D eigenvalue weighted by Gasteiger charge is 2.36. The zero-order chi connectivity index (χ0) is 16.3. The second kappa shape index (κ2) is 10.8. The number of aliphatic imine (C=N–C) groups is 1. The molecule has 0 spiro atoms. The second-order valence-electron chi connectivity index (χ2n) is 6.33. The third-order valence-electron chi connectivity index (χ3n) is 4.94. The number of ether oxygens (including phenoxy) is 1. The highest BCUT2D eigenvalue weighted by molar-refractivity contribution is 5.79. The Morgan fingerprint density at radius 3 is 2.45 bits per heavy atom. The van der Waals surface area contributed by atoms with E-state index in [1.165, 1.54) is 19.3 Å². The van der Waals surface area contributed by atoms with Gasteiger partial charge in [-0.1, -0.05) is 20.3 Å². The molecule has 5 nitrogen and oxygen atoms in total. The molecule has 130 valence electrons. The van der Waals surface area contributed by atoms with Crippen molar-refractivity contribution in [1.29, 1.82) is 0 Å². The molecule has 0 aromatic heterocycles. The summed E-state index contributed by atoms with van der Waals surface area (Å²) in [6.07, 6.45) is 6.26. The van der Waals surface area contributed by atoms with Gasteiger partial charge in [-0.25, -0.2) is 0 Å². The largest absolute Gasteiger partial charge is 0.385 e. The summed E-state index contributed by atoms with van der Waals surface area (Å²) in [4.78, 5) is 6.79. The van der Waals surface area contributed by atoms with Crippen LogP contribution in [0.2, 0.25) is 0 Å². The standard InChI is InChI=1S/C17H36N4O/c1-5-21(6-2)13-8-12-19-16(18-3)20-15-17(9-7-10-17)11-14-22-4/h5-15H2,1-4H3,(H2,18,19,20). The van der Waals surface area contributed by atoms with Crippen molar-refractivity contribution in [3.8, 4) is 0 Å². The van der Waals surface area contributed by atoms with E-state index in [2.05, 4.69) is 34.4 Å². The van der Waals surface area contributed by atoms with Crippen LogP contribution in [0.1, 0.15) is 46.0 Å². The molecule has 22 heavy (non-hydrogen) atoms. The average molecular weight is 313 g/mol. The molecule has 0 aromatic carbocycles. The molecule has 0 saturated heterocycles. The topological polar surface area (TPSA) is 48.9 Å². The first-order valence-electron chi connectivity index (χ1n) is 8.85. The van der Waals surface area contributed by atoms with Crippen LogP contribution in [0.5, 0.6) is 0 Å². The van der Waals surface area contributed by atoms with E-state index in [9.17, 15) is 0 Å². The predicted octanol–water partition coefficient (Wildman–Crippen LogP) is 2.09. The van der Waals surface area contributed by atoms with E-state index in [1.54, 1.807) is 7.11 Å². The third-order valence-corrected chi connectivity index (χ3v) is 4.94. The lowest BCUT2D eigenvalue weighted by Gasteiger charge is -2.42. The maximum absolute atomic E-state index is 5.25. The molecule has 0 unspecified atom stereocenters. The van der Waals surface area contributed by atoms with E-state index in [1.807, 2.05) is 7.05 Å². The molecule has 0 aromatic rings. The Bertz CT molecular complexity index is 312. The fourth-order valence-electron chi connectivity index (χ4n) is 3.05. The van der Waals surface area contributed by atoms with E-state index in [-0.39, 0.29) is 0 Å². The third kappa shape index (κ3) is 6.53. The number of nitrogens with one attached hydrogen (secondary N) is 2. The maximum Gasteiger partial charge on any atom is 0.190 e. The van der Waals surface area contributed by atoms with Crippen molar-refractivity contribution in [2.24, 2.45) is 10.4 Å². The summed E-state index contributed by atoms with van der Waals surface area (Å²) in [6.45, 7) is 10.7. The summed E-state index contributed by atoms with van der Waals surface area (Å²) in [5.74, 6) is 0.934. The highest BCUT2D eigenvalue weighted by Crippen LogP contribution is 2.43. The molecule has 1 aliphatic rings. The van der Waals surface area contributed by atoms with Gasteiger partial charge < -0.3 is 20.3 Å². The van der Waals surface area contributed by atoms with Crippen LogP contribution in [0, 0.1) is 5.41 Å². The van der Waals surface area contributed by atoms with Crippen LogP contribution in [0.3, 0.4) is 0 Å². The van der Waals surface area contributed by atoms with Gasteiger partial charge >= 0.3 is 0 Å². The molecule has 0 amide bonds. The molecule has 1 rings (SSSR count). The van der Waals surface area contributed by atoms with Gasteiger partial charge in [0.15, 0.2) is 5.96 Å². The SMILES string of the molecule is CCN(CC)CCCNC(=NC)NCC1(CCOC)CCC1.